The summed E-state index contributed by atoms with van der Waals surface area (Å²) in [6.45, 7) is 0. The van der Waals surface area contributed by atoms with Gasteiger partial charge in [-0.2, -0.15) is 0 Å². The quantitative estimate of drug-likeness (QED) is 0.353. The maximum absolute atomic E-state index is 12.6. The summed E-state index contributed by atoms with van der Waals surface area (Å²) < 4.78 is 1.68. The zero-order valence-electron chi connectivity index (χ0n) is 10.1. The predicted molar refractivity (Wildman–Crippen MR) is 76.5 cm³/mol. The van der Waals surface area contributed by atoms with Gasteiger partial charge in [0.15, 0.2) is 0 Å². The summed E-state index contributed by atoms with van der Waals surface area (Å²) in [6, 6.07) is 19.2. The third-order valence-corrected chi connectivity index (χ3v) is 3.39. The molecule has 0 saturated heterocycles. The molecule has 0 unspecified atom stereocenters. The van der Waals surface area contributed by atoms with Gasteiger partial charge < -0.3 is 0 Å². The van der Waals surface area contributed by atoms with E-state index < -0.39 is 0 Å². The molecule has 2 aromatic heterocycles. The number of pyridine rings is 1. The number of hydrogen-bond acceptors (Lipinski definition) is 2. The first-order chi connectivity index (χ1) is 9.34. The van der Waals surface area contributed by atoms with Crippen molar-refractivity contribution in [2.45, 2.75) is 0 Å². The lowest BCUT2D eigenvalue weighted by Crippen LogP contribution is -2.15. The molecule has 0 saturated carbocycles. The molecule has 19 heavy (non-hydrogen) atoms. The highest BCUT2D eigenvalue weighted by Crippen LogP contribution is 2.16. The van der Waals surface area contributed by atoms with Gasteiger partial charge in [0.05, 0.1) is 16.4 Å². The van der Waals surface area contributed by atoms with Gasteiger partial charge in [-0.1, -0.05) is 30.3 Å². The second-order valence-electron chi connectivity index (χ2n) is 4.52. The van der Waals surface area contributed by atoms with Crippen LogP contribution in [0.25, 0.3) is 27.5 Å². The van der Waals surface area contributed by atoms with Crippen molar-refractivity contribution in [3.05, 3.63) is 71.0 Å². The van der Waals surface area contributed by atoms with Crippen LogP contribution in [0.2, 0.25) is 0 Å². The number of fused-ring (bicyclic) bond motifs is 4. The molecule has 2 aromatic carbocycles. The summed E-state index contributed by atoms with van der Waals surface area (Å²) in [7, 11) is 0. The van der Waals surface area contributed by atoms with E-state index in [1.54, 1.807) is 4.40 Å². The number of benzene rings is 2. The molecule has 4 rings (SSSR count). The third kappa shape index (κ3) is 1.38. The van der Waals surface area contributed by atoms with Crippen LogP contribution in [-0.4, -0.2) is 9.38 Å². The van der Waals surface area contributed by atoms with Gasteiger partial charge in [-0.25, -0.2) is 4.98 Å². The van der Waals surface area contributed by atoms with E-state index in [1.165, 1.54) is 0 Å². The van der Waals surface area contributed by atoms with Crippen LogP contribution < -0.4 is 5.56 Å². The van der Waals surface area contributed by atoms with Crippen LogP contribution in [0, 0.1) is 0 Å². The molecule has 0 aliphatic heterocycles. The normalized spacial score (nSPS) is 11.4. The lowest BCUT2D eigenvalue weighted by molar-refractivity contribution is 1.13. The number of nitrogens with zero attached hydrogens (tertiary/aromatic N) is 2. The smallest absolute Gasteiger partial charge is 0.266 e. The fourth-order valence-electron chi connectivity index (χ4n) is 2.49. The van der Waals surface area contributed by atoms with Crippen LogP contribution in [-0.2, 0) is 0 Å². The van der Waals surface area contributed by atoms with Crippen LogP contribution in [0.4, 0.5) is 0 Å². The van der Waals surface area contributed by atoms with Crippen molar-refractivity contribution in [1.82, 2.24) is 9.38 Å². The summed E-state index contributed by atoms with van der Waals surface area (Å²) in [6.07, 6.45) is 0. The number of rotatable bonds is 0. The molecule has 0 amide bonds. The van der Waals surface area contributed by atoms with E-state index in [1.807, 2.05) is 60.7 Å². The van der Waals surface area contributed by atoms with E-state index in [2.05, 4.69) is 4.98 Å². The molecule has 4 aromatic rings. The van der Waals surface area contributed by atoms with E-state index >= 15 is 0 Å². The van der Waals surface area contributed by atoms with Gasteiger partial charge in [0.1, 0.15) is 5.65 Å². The summed E-state index contributed by atoms with van der Waals surface area (Å²) in [5.41, 5.74) is 2.30. The molecule has 0 aliphatic rings. The molecular weight excluding hydrogens is 236 g/mol. The first kappa shape index (κ1) is 10.3. The standard InChI is InChI=1S/C16H10N2O/c19-16-12-6-2-3-7-13(12)17-15-10-9-11-5-1-4-8-14(11)18(15)16/h1-10H. The van der Waals surface area contributed by atoms with Crippen molar-refractivity contribution >= 4 is 27.5 Å². The molecule has 0 spiro atoms. The second kappa shape index (κ2) is 3.65. The van der Waals surface area contributed by atoms with Crippen molar-refractivity contribution in [3.63, 3.8) is 0 Å². The Balaban J connectivity index is 2.37. The van der Waals surface area contributed by atoms with E-state index in [0.717, 1.165) is 16.4 Å². The highest BCUT2D eigenvalue weighted by Gasteiger charge is 2.07. The molecule has 0 radical (unpaired) electrons. The summed E-state index contributed by atoms with van der Waals surface area (Å²) >= 11 is 0. The van der Waals surface area contributed by atoms with Gasteiger partial charge >= 0.3 is 0 Å². The van der Waals surface area contributed by atoms with Gasteiger partial charge in [-0.3, -0.25) is 9.20 Å². The van der Waals surface area contributed by atoms with Gasteiger partial charge in [-0.15, -0.1) is 0 Å². The Labute approximate surface area is 108 Å². The SMILES string of the molecule is O=c1c2ccccc2nc2ccc3ccccc3n12. The molecule has 0 aliphatic carbocycles. The first-order valence-electron chi connectivity index (χ1n) is 6.14. The highest BCUT2D eigenvalue weighted by atomic mass is 16.1. The molecule has 3 heteroatoms. The monoisotopic (exact) mass is 246 g/mol. The van der Waals surface area contributed by atoms with Gasteiger partial charge in [-0.05, 0) is 35.7 Å². The second-order valence-corrected chi connectivity index (χ2v) is 4.52. The average molecular weight is 246 g/mol. The van der Waals surface area contributed by atoms with Crippen LogP contribution in [0.1, 0.15) is 0 Å². The summed E-state index contributed by atoms with van der Waals surface area (Å²) in [4.78, 5) is 17.2. The highest BCUT2D eigenvalue weighted by molar-refractivity contribution is 5.86. The fourth-order valence-corrected chi connectivity index (χ4v) is 2.49. The zero-order chi connectivity index (χ0) is 12.8. The molecule has 90 valence electrons. The first-order valence-corrected chi connectivity index (χ1v) is 6.14. The zero-order valence-corrected chi connectivity index (χ0v) is 10.1. The third-order valence-electron chi connectivity index (χ3n) is 3.39. The Kier molecular flexibility index (Phi) is 1.97. The van der Waals surface area contributed by atoms with Gasteiger partial charge in [0.25, 0.3) is 5.56 Å². The van der Waals surface area contributed by atoms with Crippen molar-refractivity contribution in [2.75, 3.05) is 0 Å². The van der Waals surface area contributed by atoms with E-state index in [0.29, 0.717) is 11.0 Å². The molecule has 0 bridgehead atoms. The molecule has 2 heterocycles. The maximum Gasteiger partial charge on any atom is 0.266 e. The molecule has 0 fully saturated rings. The fraction of sp³-hybridized carbons (Fsp3) is 0. The predicted octanol–water partition coefficient (Wildman–Crippen LogP) is 3.00. The van der Waals surface area contributed by atoms with Crippen molar-refractivity contribution in [1.29, 1.82) is 0 Å². The van der Waals surface area contributed by atoms with E-state index in [4.69, 9.17) is 0 Å². The largest absolute Gasteiger partial charge is 0.268 e. The Morgan fingerprint density at radius 3 is 2.58 bits per heavy atom. The van der Waals surface area contributed by atoms with Crippen LogP contribution in [0.15, 0.2) is 65.5 Å². The lowest BCUT2D eigenvalue weighted by Gasteiger charge is -2.06. The van der Waals surface area contributed by atoms with Crippen LogP contribution in [0.5, 0.6) is 0 Å². The van der Waals surface area contributed by atoms with Crippen molar-refractivity contribution in [3.8, 4) is 0 Å². The number of hydrogen-bond donors (Lipinski definition) is 0. The Bertz CT molecular complexity index is 986. The van der Waals surface area contributed by atoms with Crippen molar-refractivity contribution < 1.29 is 0 Å². The Morgan fingerprint density at radius 1 is 0.842 bits per heavy atom. The Hall–Kier alpha value is -2.68. The minimum atomic E-state index is -0.0163. The van der Waals surface area contributed by atoms with Crippen LogP contribution >= 0.6 is 0 Å². The topological polar surface area (TPSA) is 34.4 Å². The molecule has 0 N–H and O–H groups in total. The minimum Gasteiger partial charge on any atom is -0.268 e. The lowest BCUT2D eigenvalue weighted by atomic mass is 10.2. The Morgan fingerprint density at radius 2 is 1.63 bits per heavy atom. The molecule has 3 nitrogen and oxygen atoms in total. The maximum atomic E-state index is 12.6. The average Bonchev–Trinajstić information content (AvgIpc) is 2.47. The number of aromatic nitrogens is 2. The van der Waals surface area contributed by atoms with Crippen molar-refractivity contribution in [2.24, 2.45) is 0 Å². The van der Waals surface area contributed by atoms with Gasteiger partial charge in [0.2, 0.25) is 0 Å². The summed E-state index contributed by atoms with van der Waals surface area (Å²) in [5, 5.41) is 1.69. The van der Waals surface area contributed by atoms with E-state index in [-0.39, 0.29) is 5.56 Å². The summed E-state index contributed by atoms with van der Waals surface area (Å²) in [5.74, 6) is 0. The van der Waals surface area contributed by atoms with Gasteiger partial charge in [0, 0.05) is 0 Å². The molecular formula is C16H10N2O. The minimum absolute atomic E-state index is 0.0163. The number of para-hydroxylation sites is 2. The molecule has 0 atom stereocenters. The van der Waals surface area contributed by atoms with E-state index in [9.17, 15) is 4.79 Å². The van der Waals surface area contributed by atoms with Crippen LogP contribution in [0.3, 0.4) is 0 Å².